The van der Waals surface area contributed by atoms with E-state index in [9.17, 15) is 4.79 Å². The molecule has 0 spiro atoms. The Hall–Kier alpha value is -0.0800. The van der Waals surface area contributed by atoms with Crippen LogP contribution in [0.4, 0.5) is 0 Å². The van der Waals surface area contributed by atoms with Crippen LogP contribution in [-0.2, 0) is 4.74 Å². The van der Waals surface area contributed by atoms with Crippen LogP contribution in [0.5, 0.6) is 0 Å². The van der Waals surface area contributed by atoms with Crippen molar-refractivity contribution < 1.29 is 4.74 Å². The van der Waals surface area contributed by atoms with Gasteiger partial charge in [-0.2, -0.15) is 11.8 Å². The summed E-state index contributed by atoms with van der Waals surface area (Å²) in [5.74, 6) is 3.12. The molecule has 92 valence electrons. The second-order valence-electron chi connectivity index (χ2n) is 4.36. The zero-order valence-electron chi connectivity index (χ0n) is 9.24. The number of aromatic amines is 1. The maximum atomic E-state index is 11.9. The minimum atomic E-state index is -0.0454. The van der Waals surface area contributed by atoms with Crippen molar-refractivity contribution >= 4 is 34.4 Å². The van der Waals surface area contributed by atoms with Crippen molar-refractivity contribution in [3.05, 3.63) is 25.4 Å². The predicted molar refractivity (Wildman–Crippen MR) is 75.6 cm³/mol. The van der Waals surface area contributed by atoms with Gasteiger partial charge in [-0.1, -0.05) is 0 Å². The maximum absolute atomic E-state index is 11.9. The Balaban J connectivity index is 1.96. The molecule has 1 atom stereocenters. The number of halogens is 1. The van der Waals surface area contributed by atoms with Gasteiger partial charge in [0.15, 0.2) is 0 Å². The lowest BCUT2D eigenvalue weighted by Crippen LogP contribution is -2.24. The number of H-pyrrole nitrogens is 1. The van der Waals surface area contributed by atoms with E-state index < -0.39 is 0 Å². The first kappa shape index (κ1) is 12.0. The molecule has 1 aromatic rings. The molecule has 17 heavy (non-hydrogen) atoms. The van der Waals surface area contributed by atoms with Gasteiger partial charge in [0.1, 0.15) is 11.9 Å². The van der Waals surface area contributed by atoms with Gasteiger partial charge in [-0.3, -0.25) is 4.79 Å². The molecule has 2 fully saturated rings. The number of thioether (sulfide) groups is 1. The van der Waals surface area contributed by atoms with Crippen LogP contribution in [0.3, 0.4) is 0 Å². The normalized spacial score (nSPS) is 24.9. The number of aromatic nitrogens is 2. The van der Waals surface area contributed by atoms with Crippen molar-refractivity contribution in [3.8, 4) is 0 Å². The summed E-state index contributed by atoms with van der Waals surface area (Å²) in [6, 6.07) is 0. The first-order chi connectivity index (χ1) is 8.25. The van der Waals surface area contributed by atoms with Gasteiger partial charge >= 0.3 is 0 Å². The number of hydrogen-bond acceptors (Lipinski definition) is 4. The Morgan fingerprint density at radius 1 is 1.47 bits per heavy atom. The van der Waals surface area contributed by atoms with Crippen LogP contribution in [0.15, 0.2) is 4.79 Å². The van der Waals surface area contributed by atoms with Crippen LogP contribution in [0.1, 0.15) is 36.4 Å². The summed E-state index contributed by atoms with van der Waals surface area (Å²) in [7, 11) is 0. The van der Waals surface area contributed by atoms with Crippen molar-refractivity contribution in [2.45, 2.75) is 24.9 Å². The molecule has 4 nitrogen and oxygen atoms in total. The fourth-order valence-corrected chi connectivity index (χ4v) is 3.46. The van der Waals surface area contributed by atoms with Gasteiger partial charge < -0.3 is 9.72 Å². The van der Waals surface area contributed by atoms with Crippen LogP contribution in [0.2, 0.25) is 0 Å². The van der Waals surface area contributed by atoms with Crippen molar-refractivity contribution in [1.82, 2.24) is 9.97 Å². The van der Waals surface area contributed by atoms with Crippen LogP contribution < -0.4 is 5.56 Å². The monoisotopic (exact) mass is 364 g/mol. The standard InChI is InChI=1S/C11H13IN2O2S/c12-8-9(6-1-2-6)13-10(14-11(8)15)7-5-17-4-3-16-7/h6-7H,1-5H2,(H,13,14,15). The highest BCUT2D eigenvalue weighted by atomic mass is 127. The van der Waals surface area contributed by atoms with E-state index in [1.807, 2.05) is 11.8 Å². The van der Waals surface area contributed by atoms with Crippen molar-refractivity contribution in [2.75, 3.05) is 18.1 Å². The average molecular weight is 364 g/mol. The van der Waals surface area contributed by atoms with Gasteiger partial charge in [0, 0.05) is 17.4 Å². The van der Waals surface area contributed by atoms with Gasteiger partial charge in [0.05, 0.1) is 15.9 Å². The highest BCUT2D eigenvalue weighted by Crippen LogP contribution is 2.40. The molecule has 1 unspecified atom stereocenters. The molecule has 0 bridgehead atoms. The van der Waals surface area contributed by atoms with E-state index in [4.69, 9.17) is 4.74 Å². The summed E-state index contributed by atoms with van der Waals surface area (Å²) in [4.78, 5) is 19.3. The molecule has 2 heterocycles. The Labute approximate surface area is 117 Å². The zero-order valence-corrected chi connectivity index (χ0v) is 12.2. The van der Waals surface area contributed by atoms with E-state index in [0.29, 0.717) is 11.7 Å². The van der Waals surface area contributed by atoms with Crippen LogP contribution in [0, 0.1) is 3.57 Å². The molecule has 3 rings (SSSR count). The van der Waals surface area contributed by atoms with E-state index >= 15 is 0 Å². The lowest BCUT2D eigenvalue weighted by molar-refractivity contribution is 0.0690. The Morgan fingerprint density at radius 3 is 2.94 bits per heavy atom. The molecule has 0 aromatic carbocycles. The number of ether oxygens (including phenoxy) is 1. The molecule has 1 aliphatic heterocycles. The third-order valence-electron chi connectivity index (χ3n) is 2.99. The van der Waals surface area contributed by atoms with E-state index in [1.54, 1.807) is 0 Å². The Kier molecular flexibility index (Phi) is 3.45. The quantitative estimate of drug-likeness (QED) is 0.817. The molecular weight excluding hydrogens is 351 g/mol. The molecule has 1 saturated carbocycles. The third-order valence-corrected chi connectivity index (χ3v) is 5.03. The van der Waals surface area contributed by atoms with E-state index in [1.165, 1.54) is 0 Å². The minimum Gasteiger partial charge on any atom is -0.369 e. The number of hydrogen-bond donors (Lipinski definition) is 1. The summed E-state index contributed by atoms with van der Waals surface area (Å²) in [5.41, 5.74) is 0.959. The largest absolute Gasteiger partial charge is 0.369 e. The number of rotatable bonds is 2. The van der Waals surface area contributed by atoms with Gasteiger partial charge in [-0.25, -0.2) is 4.98 Å². The molecule has 1 aromatic heterocycles. The van der Waals surface area contributed by atoms with Crippen LogP contribution in [-0.4, -0.2) is 28.1 Å². The molecule has 0 amide bonds. The van der Waals surface area contributed by atoms with E-state index in [0.717, 1.165) is 40.2 Å². The van der Waals surface area contributed by atoms with Gasteiger partial charge in [-0.05, 0) is 35.4 Å². The summed E-state index contributed by atoms with van der Waals surface area (Å²) < 4.78 is 6.41. The SMILES string of the molecule is O=c1[nH]c(C2CSCCO2)nc(C2CC2)c1I. The maximum Gasteiger partial charge on any atom is 0.264 e. The number of nitrogens with one attached hydrogen (secondary N) is 1. The fourth-order valence-electron chi connectivity index (χ4n) is 1.92. The fraction of sp³-hybridized carbons (Fsp3) is 0.636. The van der Waals surface area contributed by atoms with Crippen LogP contribution in [0.25, 0.3) is 0 Å². The first-order valence-electron chi connectivity index (χ1n) is 5.74. The third kappa shape index (κ3) is 2.53. The lowest BCUT2D eigenvalue weighted by atomic mass is 10.2. The molecule has 1 N–H and O–H groups in total. The van der Waals surface area contributed by atoms with Crippen molar-refractivity contribution in [1.29, 1.82) is 0 Å². The van der Waals surface area contributed by atoms with E-state index in [-0.39, 0.29) is 11.7 Å². The summed E-state index contributed by atoms with van der Waals surface area (Å²) in [6.45, 7) is 0.740. The smallest absolute Gasteiger partial charge is 0.264 e. The van der Waals surface area contributed by atoms with Crippen molar-refractivity contribution in [2.24, 2.45) is 0 Å². The van der Waals surface area contributed by atoms with Crippen molar-refractivity contribution in [3.63, 3.8) is 0 Å². The number of nitrogens with zero attached hydrogens (tertiary/aromatic N) is 1. The second kappa shape index (κ2) is 4.89. The topological polar surface area (TPSA) is 55.0 Å². The Bertz CT molecular complexity index is 481. The van der Waals surface area contributed by atoms with E-state index in [2.05, 4.69) is 32.6 Å². The lowest BCUT2D eigenvalue weighted by Gasteiger charge is -2.21. The van der Waals surface area contributed by atoms with Gasteiger partial charge in [-0.15, -0.1) is 0 Å². The molecular formula is C11H13IN2O2S. The zero-order chi connectivity index (χ0) is 11.8. The minimum absolute atomic E-state index is 0.0170. The highest BCUT2D eigenvalue weighted by molar-refractivity contribution is 14.1. The van der Waals surface area contributed by atoms with Crippen LogP contribution >= 0.6 is 34.4 Å². The van der Waals surface area contributed by atoms with Gasteiger partial charge in [0.25, 0.3) is 5.56 Å². The summed E-state index contributed by atoms with van der Waals surface area (Å²) in [5, 5.41) is 0. The molecule has 0 radical (unpaired) electrons. The highest BCUT2D eigenvalue weighted by Gasteiger charge is 2.30. The molecule has 1 aliphatic carbocycles. The second-order valence-corrected chi connectivity index (χ2v) is 6.59. The average Bonchev–Trinajstić information content (AvgIpc) is 3.18. The molecule has 6 heteroatoms. The molecule has 1 saturated heterocycles. The molecule has 2 aliphatic rings. The summed E-state index contributed by atoms with van der Waals surface area (Å²) in [6.07, 6.45) is 2.27. The first-order valence-corrected chi connectivity index (χ1v) is 7.98. The summed E-state index contributed by atoms with van der Waals surface area (Å²) >= 11 is 3.94. The Morgan fingerprint density at radius 2 is 2.29 bits per heavy atom. The predicted octanol–water partition coefficient (Wildman–Crippen LogP) is 2.06. The van der Waals surface area contributed by atoms with Gasteiger partial charge in [0.2, 0.25) is 0 Å².